The van der Waals surface area contributed by atoms with Gasteiger partial charge in [0, 0.05) is 0 Å². The summed E-state index contributed by atoms with van der Waals surface area (Å²) < 4.78 is 5.47. The van der Waals surface area contributed by atoms with Crippen molar-refractivity contribution in [2.75, 3.05) is 43.1 Å². The fourth-order valence-corrected chi connectivity index (χ4v) is 3.31. The molecule has 1 aliphatic heterocycles. The summed E-state index contributed by atoms with van der Waals surface area (Å²) in [6.45, 7) is 7.55. The molecule has 5 heteroatoms. The molecule has 0 unspecified atom stereocenters. The van der Waals surface area contributed by atoms with Gasteiger partial charge in [0.1, 0.15) is 30.5 Å². The topological polar surface area (TPSA) is 53.6 Å². The quantitative estimate of drug-likeness (QED) is 0.870. The summed E-state index contributed by atoms with van der Waals surface area (Å²) in [5.74, 6) is 1.84. The number of nitriles is 1. The van der Waals surface area contributed by atoms with Crippen LogP contribution in [-0.2, 0) is 0 Å². The molecule has 0 amide bonds. The monoisotopic (exact) mass is 323 g/mol. The van der Waals surface area contributed by atoms with E-state index in [1.165, 1.54) is 0 Å². The van der Waals surface area contributed by atoms with E-state index in [0.29, 0.717) is 0 Å². The smallest absolute Gasteiger partial charge is 0.293 e. The number of ether oxygens (including phenoxy) is 1. The fraction of sp³-hybridized carbons (Fsp3) is 0.368. The standard InChI is InChI=1S/C19H22N4O/c1-14-12-15(2)21-19(16(14)13-20)23-10-8-22(9-11-23)17-6-4-5-7-18(17)24-3/h4-7,12H,8-11H2,1-3H3/p+1. The highest BCUT2D eigenvalue weighted by Gasteiger charge is 2.28. The largest absolute Gasteiger partial charge is 0.495 e. The van der Waals surface area contributed by atoms with Crippen LogP contribution in [0.4, 0.5) is 11.5 Å². The van der Waals surface area contributed by atoms with Crippen LogP contribution in [0.2, 0.25) is 0 Å². The molecule has 1 saturated heterocycles. The van der Waals surface area contributed by atoms with Gasteiger partial charge in [0.15, 0.2) is 0 Å². The summed E-state index contributed by atoms with van der Waals surface area (Å²) in [5, 5.41) is 9.50. The van der Waals surface area contributed by atoms with Gasteiger partial charge in [-0.2, -0.15) is 5.26 Å². The summed E-state index contributed by atoms with van der Waals surface area (Å²) >= 11 is 0. The summed E-state index contributed by atoms with van der Waals surface area (Å²) in [6, 6.07) is 12.5. The first-order valence-corrected chi connectivity index (χ1v) is 8.20. The molecule has 0 atom stereocenters. The van der Waals surface area contributed by atoms with Gasteiger partial charge in [-0.25, -0.2) is 4.98 Å². The number of nitrogens with one attached hydrogen (secondary N) is 1. The molecule has 1 aromatic carbocycles. The third-order valence-electron chi connectivity index (χ3n) is 4.51. The number of pyridine rings is 1. The summed E-state index contributed by atoms with van der Waals surface area (Å²) in [4.78, 5) is 7.98. The van der Waals surface area contributed by atoms with Crippen LogP contribution in [0.3, 0.4) is 0 Å². The van der Waals surface area contributed by atoms with Gasteiger partial charge in [-0.1, -0.05) is 12.1 Å². The zero-order chi connectivity index (χ0) is 17.1. The summed E-state index contributed by atoms with van der Waals surface area (Å²) in [5.41, 5.74) is 3.97. The molecule has 3 rings (SSSR count). The SMILES string of the molecule is COc1ccccc1N1CCN(c2[nH+]c(C)cc(C)c2C#N)CC1. The summed E-state index contributed by atoms with van der Waals surface area (Å²) in [7, 11) is 1.71. The Balaban J connectivity index is 1.80. The number of hydrogen-bond donors (Lipinski definition) is 0. The Hall–Kier alpha value is -2.74. The van der Waals surface area contributed by atoms with E-state index in [2.05, 4.69) is 26.9 Å². The van der Waals surface area contributed by atoms with Crippen molar-refractivity contribution in [1.29, 1.82) is 5.26 Å². The van der Waals surface area contributed by atoms with Crippen LogP contribution in [0, 0.1) is 25.2 Å². The Kier molecular flexibility index (Phi) is 4.57. The van der Waals surface area contributed by atoms with Crippen LogP contribution in [0.5, 0.6) is 5.75 Å². The number of aromatic amines is 1. The van der Waals surface area contributed by atoms with Crippen LogP contribution in [-0.4, -0.2) is 33.3 Å². The number of piperazine rings is 1. The first-order valence-electron chi connectivity index (χ1n) is 8.20. The molecule has 0 radical (unpaired) electrons. The van der Waals surface area contributed by atoms with Gasteiger partial charge in [-0.05, 0) is 37.6 Å². The van der Waals surface area contributed by atoms with Gasteiger partial charge in [-0.15, -0.1) is 0 Å². The van der Waals surface area contributed by atoms with E-state index in [9.17, 15) is 5.26 Å². The number of para-hydroxylation sites is 2. The minimum absolute atomic E-state index is 0.742. The maximum Gasteiger partial charge on any atom is 0.293 e. The third-order valence-corrected chi connectivity index (χ3v) is 4.51. The van der Waals surface area contributed by atoms with Crippen LogP contribution < -0.4 is 19.5 Å². The minimum Gasteiger partial charge on any atom is -0.495 e. The van der Waals surface area contributed by atoms with E-state index >= 15 is 0 Å². The lowest BCUT2D eigenvalue weighted by Crippen LogP contribution is -2.48. The maximum absolute atomic E-state index is 9.50. The highest BCUT2D eigenvalue weighted by molar-refractivity contribution is 5.60. The molecule has 0 bridgehead atoms. The van der Waals surface area contributed by atoms with Gasteiger partial charge < -0.3 is 9.64 Å². The lowest BCUT2D eigenvalue weighted by molar-refractivity contribution is -0.374. The molecule has 2 aromatic rings. The molecule has 0 saturated carbocycles. The van der Waals surface area contributed by atoms with Crippen molar-refractivity contribution in [1.82, 2.24) is 0 Å². The molecule has 1 aromatic heterocycles. The van der Waals surface area contributed by atoms with Gasteiger partial charge in [0.05, 0.1) is 31.6 Å². The summed E-state index contributed by atoms with van der Waals surface area (Å²) in [6.07, 6.45) is 0. The Morgan fingerprint density at radius 2 is 1.75 bits per heavy atom. The molecule has 1 aliphatic rings. The average molecular weight is 323 g/mol. The van der Waals surface area contributed by atoms with Crippen molar-refractivity contribution in [3.63, 3.8) is 0 Å². The van der Waals surface area contributed by atoms with Crippen molar-refractivity contribution < 1.29 is 9.72 Å². The number of aryl methyl sites for hydroxylation is 2. The fourth-order valence-electron chi connectivity index (χ4n) is 3.31. The predicted octanol–water partition coefficient (Wildman–Crippen LogP) is 2.32. The van der Waals surface area contributed by atoms with Crippen molar-refractivity contribution in [2.24, 2.45) is 0 Å². The van der Waals surface area contributed by atoms with E-state index in [4.69, 9.17) is 4.74 Å². The van der Waals surface area contributed by atoms with Gasteiger partial charge in [-0.3, -0.25) is 4.90 Å². The molecule has 0 aliphatic carbocycles. The molecule has 124 valence electrons. The zero-order valence-corrected chi connectivity index (χ0v) is 14.5. The lowest BCUT2D eigenvalue weighted by atomic mass is 10.1. The molecule has 1 N–H and O–H groups in total. The first-order chi connectivity index (χ1) is 11.6. The van der Waals surface area contributed by atoms with E-state index in [0.717, 1.165) is 60.3 Å². The average Bonchev–Trinajstić information content (AvgIpc) is 2.61. The second-order valence-corrected chi connectivity index (χ2v) is 6.12. The molecule has 0 spiro atoms. The number of anilines is 2. The van der Waals surface area contributed by atoms with Gasteiger partial charge in [0.2, 0.25) is 0 Å². The van der Waals surface area contributed by atoms with Crippen molar-refractivity contribution in [3.8, 4) is 11.8 Å². The van der Waals surface area contributed by atoms with Crippen LogP contribution >= 0.6 is 0 Å². The van der Waals surface area contributed by atoms with Gasteiger partial charge >= 0.3 is 0 Å². The Morgan fingerprint density at radius 3 is 2.42 bits per heavy atom. The number of methoxy groups -OCH3 is 1. The highest BCUT2D eigenvalue weighted by atomic mass is 16.5. The normalized spacial score (nSPS) is 14.4. The van der Waals surface area contributed by atoms with E-state index in [1.807, 2.05) is 38.1 Å². The van der Waals surface area contributed by atoms with Crippen molar-refractivity contribution in [2.45, 2.75) is 13.8 Å². The second-order valence-electron chi connectivity index (χ2n) is 6.12. The number of aromatic nitrogens is 1. The van der Waals surface area contributed by atoms with Crippen LogP contribution in [0.25, 0.3) is 0 Å². The second kappa shape index (κ2) is 6.79. The van der Waals surface area contributed by atoms with Crippen molar-refractivity contribution in [3.05, 3.63) is 47.2 Å². The Morgan fingerprint density at radius 1 is 1.08 bits per heavy atom. The van der Waals surface area contributed by atoms with E-state index < -0.39 is 0 Å². The number of benzene rings is 1. The van der Waals surface area contributed by atoms with Crippen molar-refractivity contribution >= 4 is 11.5 Å². The number of rotatable bonds is 3. The molecular weight excluding hydrogens is 300 g/mol. The Bertz CT molecular complexity index is 773. The number of H-pyrrole nitrogens is 1. The van der Waals surface area contributed by atoms with Crippen LogP contribution in [0.1, 0.15) is 16.8 Å². The predicted molar refractivity (Wildman–Crippen MR) is 94.6 cm³/mol. The van der Waals surface area contributed by atoms with Crippen LogP contribution in [0.15, 0.2) is 30.3 Å². The zero-order valence-electron chi connectivity index (χ0n) is 14.5. The molecule has 5 nitrogen and oxygen atoms in total. The third kappa shape index (κ3) is 3.00. The molecule has 24 heavy (non-hydrogen) atoms. The minimum atomic E-state index is 0.742. The number of nitrogens with zero attached hydrogens (tertiary/aromatic N) is 3. The lowest BCUT2D eigenvalue weighted by Gasteiger charge is -2.33. The number of hydrogen-bond acceptors (Lipinski definition) is 4. The molecular formula is C19H23N4O+. The first kappa shape index (κ1) is 16.1. The van der Waals surface area contributed by atoms with E-state index in [1.54, 1.807) is 7.11 Å². The van der Waals surface area contributed by atoms with E-state index in [-0.39, 0.29) is 0 Å². The molecule has 2 heterocycles. The van der Waals surface area contributed by atoms with Gasteiger partial charge in [0.25, 0.3) is 5.82 Å². The maximum atomic E-state index is 9.50. The Labute approximate surface area is 143 Å². The highest BCUT2D eigenvalue weighted by Crippen LogP contribution is 2.29. The molecule has 1 fully saturated rings.